The first-order valence-corrected chi connectivity index (χ1v) is 7.92. The fourth-order valence-electron chi connectivity index (χ4n) is 1.69. The predicted octanol–water partition coefficient (Wildman–Crippen LogP) is 3.34. The van der Waals surface area contributed by atoms with Crippen LogP contribution in [-0.2, 0) is 9.05 Å². The molecule has 1 aromatic carbocycles. The van der Waals surface area contributed by atoms with Crippen LogP contribution in [0.3, 0.4) is 0 Å². The molecular weight excluding hydrogens is 280 g/mol. The molecule has 0 bridgehead atoms. The first-order chi connectivity index (χ1) is 7.80. The third-order valence-corrected chi connectivity index (χ3v) is 5.13. The third-order valence-electron chi connectivity index (χ3n) is 2.44. The van der Waals surface area contributed by atoms with Crippen LogP contribution < -0.4 is 0 Å². The first kappa shape index (κ1) is 12.5. The Kier molecular flexibility index (Phi) is 3.01. The van der Waals surface area contributed by atoms with E-state index in [4.69, 9.17) is 10.7 Å². The van der Waals surface area contributed by atoms with Crippen molar-refractivity contribution < 1.29 is 13.2 Å². The van der Waals surface area contributed by atoms with Crippen LogP contribution in [0.2, 0.25) is 0 Å². The zero-order chi connectivity index (χ0) is 12.8. The number of thiophene rings is 1. The molecule has 90 valence electrons. The second-order valence-electron chi connectivity index (χ2n) is 3.73. The van der Waals surface area contributed by atoms with E-state index in [2.05, 4.69) is 0 Å². The highest BCUT2D eigenvalue weighted by atomic mass is 35.7. The fraction of sp³-hybridized carbons (Fsp3) is 0.182. The number of rotatable bonds is 2. The van der Waals surface area contributed by atoms with Gasteiger partial charge in [0.2, 0.25) is 0 Å². The van der Waals surface area contributed by atoms with Gasteiger partial charge in [0.25, 0.3) is 9.05 Å². The maximum absolute atomic E-state index is 11.5. The van der Waals surface area contributed by atoms with Crippen LogP contribution in [0.5, 0.6) is 0 Å². The quantitative estimate of drug-likeness (QED) is 0.629. The second kappa shape index (κ2) is 4.08. The molecular formula is C11H9ClO3S2. The van der Waals surface area contributed by atoms with E-state index in [0.717, 1.165) is 4.70 Å². The summed E-state index contributed by atoms with van der Waals surface area (Å²) in [4.78, 5) is 11.9. The number of carbonyl (C=O) groups is 1. The van der Waals surface area contributed by atoms with E-state index in [1.165, 1.54) is 18.3 Å². The van der Waals surface area contributed by atoms with Gasteiger partial charge in [0.15, 0.2) is 5.78 Å². The number of benzene rings is 1. The maximum Gasteiger partial charge on any atom is 0.262 e. The van der Waals surface area contributed by atoms with Crippen molar-refractivity contribution in [2.75, 3.05) is 0 Å². The number of halogens is 1. The summed E-state index contributed by atoms with van der Waals surface area (Å²) >= 11 is 1.27. The molecule has 17 heavy (non-hydrogen) atoms. The normalized spacial score (nSPS) is 11.9. The van der Waals surface area contributed by atoms with Gasteiger partial charge in [-0.1, -0.05) is 6.07 Å². The maximum atomic E-state index is 11.5. The summed E-state index contributed by atoms with van der Waals surface area (Å²) in [6, 6.07) is 5.08. The van der Waals surface area contributed by atoms with Crippen molar-refractivity contribution in [2.24, 2.45) is 0 Å². The van der Waals surface area contributed by atoms with E-state index in [1.54, 1.807) is 25.1 Å². The summed E-state index contributed by atoms with van der Waals surface area (Å²) in [6.07, 6.45) is 0. The molecule has 0 aliphatic carbocycles. The molecule has 3 nitrogen and oxygen atoms in total. The largest absolute Gasteiger partial charge is 0.294 e. The molecule has 0 saturated heterocycles. The lowest BCUT2D eigenvalue weighted by atomic mass is 10.2. The molecule has 0 amide bonds. The van der Waals surface area contributed by atoms with E-state index in [-0.39, 0.29) is 10.7 Å². The Morgan fingerprint density at radius 1 is 1.35 bits per heavy atom. The van der Waals surface area contributed by atoms with Gasteiger partial charge in [-0.2, -0.15) is 0 Å². The summed E-state index contributed by atoms with van der Waals surface area (Å²) in [5.41, 5.74) is 0.584. The lowest BCUT2D eigenvalue weighted by Gasteiger charge is -2.02. The van der Waals surface area contributed by atoms with Gasteiger partial charge in [0.1, 0.15) is 0 Å². The smallest absolute Gasteiger partial charge is 0.262 e. The summed E-state index contributed by atoms with van der Waals surface area (Å²) in [7, 11) is 1.62. The molecule has 0 radical (unpaired) electrons. The number of fused-ring (bicyclic) bond motifs is 1. The molecule has 6 heteroatoms. The molecule has 2 aromatic rings. The van der Waals surface area contributed by atoms with E-state index in [1.807, 2.05) is 0 Å². The lowest BCUT2D eigenvalue weighted by molar-refractivity contribution is 0.102. The van der Waals surface area contributed by atoms with Crippen molar-refractivity contribution in [1.29, 1.82) is 0 Å². The third kappa shape index (κ3) is 2.22. The molecule has 0 unspecified atom stereocenters. The van der Waals surface area contributed by atoms with Gasteiger partial charge < -0.3 is 0 Å². The van der Waals surface area contributed by atoms with Crippen molar-refractivity contribution >= 4 is 46.9 Å². The van der Waals surface area contributed by atoms with E-state index in [0.29, 0.717) is 15.8 Å². The van der Waals surface area contributed by atoms with Crippen molar-refractivity contribution in [3.8, 4) is 0 Å². The van der Waals surface area contributed by atoms with Crippen molar-refractivity contribution in [3.63, 3.8) is 0 Å². The zero-order valence-electron chi connectivity index (χ0n) is 9.15. The molecule has 0 fully saturated rings. The number of aryl methyl sites for hydroxylation is 1. The molecule has 0 saturated carbocycles. The van der Waals surface area contributed by atoms with Gasteiger partial charge in [0.05, 0.1) is 9.77 Å². The minimum Gasteiger partial charge on any atom is -0.294 e. The Labute approximate surface area is 107 Å². The highest BCUT2D eigenvalue weighted by molar-refractivity contribution is 8.14. The lowest BCUT2D eigenvalue weighted by Crippen LogP contribution is -1.94. The van der Waals surface area contributed by atoms with Crippen LogP contribution in [0.25, 0.3) is 10.1 Å². The van der Waals surface area contributed by atoms with E-state index >= 15 is 0 Å². The Bertz CT molecular complexity index is 714. The summed E-state index contributed by atoms with van der Waals surface area (Å²) < 4.78 is 23.8. The molecule has 1 heterocycles. The monoisotopic (exact) mass is 288 g/mol. The SMILES string of the molecule is CC(=O)c1cc2c(S(=O)(=O)Cl)c(C)ccc2s1. The molecule has 1 aromatic heterocycles. The Balaban J connectivity index is 2.91. The topological polar surface area (TPSA) is 51.2 Å². The van der Waals surface area contributed by atoms with Crippen molar-refractivity contribution in [2.45, 2.75) is 18.7 Å². The Morgan fingerprint density at radius 2 is 2.00 bits per heavy atom. The average molecular weight is 289 g/mol. The van der Waals surface area contributed by atoms with Gasteiger partial charge >= 0.3 is 0 Å². The fourth-order valence-corrected chi connectivity index (χ4v) is 4.22. The van der Waals surface area contributed by atoms with Crippen LogP contribution in [0.1, 0.15) is 22.2 Å². The number of hydrogen-bond donors (Lipinski definition) is 0. The summed E-state index contributed by atoms with van der Waals surface area (Å²) in [5, 5.41) is 0.523. The number of hydrogen-bond acceptors (Lipinski definition) is 4. The standard InChI is InChI=1S/C11H9ClO3S2/c1-6-3-4-9-8(11(6)17(12,14)15)5-10(16-9)7(2)13/h3-5H,1-2H3. The highest BCUT2D eigenvalue weighted by Crippen LogP contribution is 2.34. The van der Waals surface area contributed by atoms with Crippen LogP contribution in [0.15, 0.2) is 23.1 Å². The molecule has 0 N–H and O–H groups in total. The predicted molar refractivity (Wildman–Crippen MR) is 69.6 cm³/mol. The van der Waals surface area contributed by atoms with Crippen LogP contribution in [0, 0.1) is 6.92 Å². The van der Waals surface area contributed by atoms with E-state index in [9.17, 15) is 13.2 Å². The second-order valence-corrected chi connectivity index (χ2v) is 7.31. The van der Waals surface area contributed by atoms with Gasteiger partial charge in [-0.05, 0) is 31.5 Å². The highest BCUT2D eigenvalue weighted by Gasteiger charge is 2.19. The molecule has 0 aliphatic rings. The van der Waals surface area contributed by atoms with Crippen molar-refractivity contribution in [3.05, 3.63) is 28.6 Å². The zero-order valence-corrected chi connectivity index (χ0v) is 11.5. The summed E-state index contributed by atoms with van der Waals surface area (Å²) in [5.74, 6) is -0.0817. The summed E-state index contributed by atoms with van der Waals surface area (Å²) in [6.45, 7) is 3.13. The van der Waals surface area contributed by atoms with Crippen molar-refractivity contribution in [1.82, 2.24) is 0 Å². The molecule has 0 spiro atoms. The average Bonchev–Trinajstić information content (AvgIpc) is 2.58. The molecule has 2 rings (SSSR count). The first-order valence-electron chi connectivity index (χ1n) is 4.79. The van der Waals surface area contributed by atoms with Gasteiger partial charge in [0, 0.05) is 20.8 Å². The minimum absolute atomic E-state index is 0.0817. The Hall–Kier alpha value is -0.910. The van der Waals surface area contributed by atoms with Gasteiger partial charge in [-0.15, -0.1) is 11.3 Å². The van der Waals surface area contributed by atoms with Crippen LogP contribution in [-0.4, -0.2) is 14.2 Å². The van der Waals surface area contributed by atoms with E-state index < -0.39 is 9.05 Å². The van der Waals surface area contributed by atoms with Gasteiger partial charge in [-0.3, -0.25) is 4.79 Å². The molecule has 0 atom stereocenters. The number of ketones is 1. The minimum atomic E-state index is -3.80. The number of Topliss-reactive ketones (excluding diaryl/α,β-unsaturated/α-hetero) is 1. The van der Waals surface area contributed by atoms with Gasteiger partial charge in [-0.25, -0.2) is 8.42 Å². The number of carbonyl (C=O) groups excluding carboxylic acids is 1. The van der Waals surface area contributed by atoms with Crippen LogP contribution >= 0.6 is 22.0 Å². The van der Waals surface area contributed by atoms with Crippen LogP contribution in [0.4, 0.5) is 0 Å². The molecule has 0 aliphatic heterocycles. The Morgan fingerprint density at radius 3 is 2.53 bits per heavy atom.